The lowest BCUT2D eigenvalue weighted by molar-refractivity contribution is -0.136. The number of rotatable bonds is 2. The molecule has 86 valence electrons. The van der Waals surface area contributed by atoms with Crippen molar-refractivity contribution in [1.82, 2.24) is 10.2 Å². The quantitative estimate of drug-likeness (QED) is 0.668. The Labute approximate surface area is 90.6 Å². The Morgan fingerprint density at radius 2 is 2.33 bits per heavy atom. The first-order chi connectivity index (χ1) is 7.24. The van der Waals surface area contributed by atoms with Crippen molar-refractivity contribution in [1.29, 1.82) is 0 Å². The van der Waals surface area contributed by atoms with Gasteiger partial charge in [0.05, 0.1) is 18.6 Å². The van der Waals surface area contributed by atoms with Crippen LogP contribution in [0.4, 0.5) is 0 Å². The summed E-state index contributed by atoms with van der Waals surface area (Å²) in [6.07, 6.45) is 1.97. The van der Waals surface area contributed by atoms with Gasteiger partial charge in [-0.2, -0.15) is 0 Å². The maximum absolute atomic E-state index is 12.1. The maximum Gasteiger partial charge on any atom is 0.227 e. The van der Waals surface area contributed by atoms with Crippen molar-refractivity contribution in [2.24, 2.45) is 11.8 Å². The van der Waals surface area contributed by atoms with E-state index in [1.807, 2.05) is 4.90 Å². The molecule has 2 saturated heterocycles. The fourth-order valence-corrected chi connectivity index (χ4v) is 2.66. The molecule has 1 amide bonds. The molecule has 2 fully saturated rings. The molecule has 0 aromatic rings. The van der Waals surface area contributed by atoms with Crippen LogP contribution in [0, 0.1) is 11.8 Å². The molecule has 0 spiro atoms. The molecular formula is C11H20N2O2. The molecule has 3 unspecified atom stereocenters. The molecule has 0 radical (unpaired) electrons. The molecule has 0 saturated carbocycles. The van der Waals surface area contributed by atoms with Gasteiger partial charge in [0.1, 0.15) is 0 Å². The van der Waals surface area contributed by atoms with E-state index in [1.54, 1.807) is 0 Å². The predicted molar refractivity (Wildman–Crippen MR) is 57.3 cm³/mol. The molecular weight excluding hydrogens is 192 g/mol. The average molecular weight is 212 g/mol. The van der Waals surface area contributed by atoms with Crippen LogP contribution in [0.1, 0.15) is 19.8 Å². The lowest BCUT2D eigenvalue weighted by Gasteiger charge is -2.27. The second kappa shape index (κ2) is 4.49. The standard InChI is InChI=1S/C11H20N2O2/c1-8-3-5-13(10(8)7-14)11(15)9-2-4-12-6-9/h8-10,12,14H,2-7H2,1H3. The Hall–Kier alpha value is -0.610. The van der Waals surface area contributed by atoms with E-state index in [-0.39, 0.29) is 24.5 Å². The van der Waals surface area contributed by atoms with Crippen LogP contribution >= 0.6 is 0 Å². The lowest BCUT2D eigenvalue weighted by Crippen LogP contribution is -2.43. The van der Waals surface area contributed by atoms with Crippen molar-refractivity contribution in [3.05, 3.63) is 0 Å². The summed E-state index contributed by atoms with van der Waals surface area (Å²) in [6, 6.07) is 0.0538. The topological polar surface area (TPSA) is 52.6 Å². The van der Waals surface area contributed by atoms with Crippen LogP contribution in [-0.4, -0.2) is 48.2 Å². The zero-order chi connectivity index (χ0) is 10.8. The number of aliphatic hydroxyl groups excluding tert-OH is 1. The molecule has 2 rings (SSSR count). The number of aliphatic hydroxyl groups is 1. The molecule has 0 aromatic carbocycles. The van der Waals surface area contributed by atoms with Gasteiger partial charge in [0.15, 0.2) is 0 Å². The Morgan fingerprint density at radius 1 is 1.53 bits per heavy atom. The molecule has 2 aliphatic heterocycles. The molecule has 15 heavy (non-hydrogen) atoms. The highest BCUT2D eigenvalue weighted by Gasteiger charge is 2.37. The average Bonchev–Trinajstić information content (AvgIpc) is 2.85. The number of hydrogen-bond donors (Lipinski definition) is 2. The van der Waals surface area contributed by atoms with Gasteiger partial charge in [0.2, 0.25) is 5.91 Å². The summed E-state index contributed by atoms with van der Waals surface area (Å²) < 4.78 is 0. The normalized spacial score (nSPS) is 36.1. The number of carbonyl (C=O) groups excluding carboxylic acids is 1. The molecule has 0 bridgehead atoms. The van der Waals surface area contributed by atoms with Gasteiger partial charge in [-0.1, -0.05) is 6.92 Å². The van der Waals surface area contributed by atoms with Crippen molar-refractivity contribution in [2.75, 3.05) is 26.2 Å². The molecule has 0 aliphatic carbocycles. The summed E-state index contributed by atoms with van der Waals surface area (Å²) >= 11 is 0. The van der Waals surface area contributed by atoms with Crippen LogP contribution in [-0.2, 0) is 4.79 Å². The smallest absolute Gasteiger partial charge is 0.227 e. The summed E-state index contributed by atoms with van der Waals surface area (Å²) in [5.74, 6) is 0.820. The van der Waals surface area contributed by atoms with E-state index in [4.69, 9.17) is 0 Å². The third-order valence-corrected chi connectivity index (χ3v) is 3.76. The Morgan fingerprint density at radius 3 is 2.93 bits per heavy atom. The van der Waals surface area contributed by atoms with Gasteiger partial charge >= 0.3 is 0 Å². The first-order valence-corrected chi connectivity index (χ1v) is 5.86. The third-order valence-electron chi connectivity index (χ3n) is 3.76. The number of carbonyl (C=O) groups is 1. The first-order valence-electron chi connectivity index (χ1n) is 5.86. The van der Waals surface area contributed by atoms with E-state index in [0.717, 1.165) is 32.5 Å². The van der Waals surface area contributed by atoms with Crippen LogP contribution in [0.5, 0.6) is 0 Å². The number of likely N-dealkylation sites (tertiary alicyclic amines) is 1. The largest absolute Gasteiger partial charge is 0.394 e. The van der Waals surface area contributed by atoms with Crippen molar-refractivity contribution in [3.63, 3.8) is 0 Å². The van der Waals surface area contributed by atoms with Gasteiger partial charge in [0.25, 0.3) is 0 Å². The molecule has 4 nitrogen and oxygen atoms in total. The van der Waals surface area contributed by atoms with Gasteiger partial charge in [-0.05, 0) is 25.3 Å². The summed E-state index contributed by atoms with van der Waals surface area (Å²) in [6.45, 7) is 4.79. The molecule has 3 atom stereocenters. The number of nitrogens with zero attached hydrogens (tertiary/aromatic N) is 1. The zero-order valence-corrected chi connectivity index (χ0v) is 9.28. The summed E-state index contributed by atoms with van der Waals surface area (Å²) in [4.78, 5) is 14.0. The highest BCUT2D eigenvalue weighted by molar-refractivity contribution is 5.80. The predicted octanol–water partition coefficient (Wildman–Crippen LogP) is -0.175. The van der Waals surface area contributed by atoms with Gasteiger partial charge in [-0.15, -0.1) is 0 Å². The highest BCUT2D eigenvalue weighted by Crippen LogP contribution is 2.26. The maximum atomic E-state index is 12.1. The van der Waals surface area contributed by atoms with E-state index in [1.165, 1.54) is 0 Å². The zero-order valence-electron chi connectivity index (χ0n) is 9.28. The third kappa shape index (κ3) is 2.01. The van der Waals surface area contributed by atoms with E-state index in [0.29, 0.717) is 5.92 Å². The van der Waals surface area contributed by atoms with Crippen LogP contribution in [0.3, 0.4) is 0 Å². The number of hydrogen-bond acceptors (Lipinski definition) is 3. The Bertz CT molecular complexity index is 239. The van der Waals surface area contributed by atoms with E-state index >= 15 is 0 Å². The molecule has 2 aliphatic rings. The van der Waals surface area contributed by atoms with Gasteiger partial charge in [-0.3, -0.25) is 4.79 Å². The summed E-state index contributed by atoms with van der Waals surface area (Å²) in [5.41, 5.74) is 0. The second-order valence-electron chi connectivity index (χ2n) is 4.74. The van der Waals surface area contributed by atoms with Crippen LogP contribution in [0.2, 0.25) is 0 Å². The molecule has 4 heteroatoms. The van der Waals surface area contributed by atoms with Crippen LogP contribution < -0.4 is 5.32 Å². The highest BCUT2D eigenvalue weighted by atomic mass is 16.3. The van der Waals surface area contributed by atoms with Crippen molar-refractivity contribution in [2.45, 2.75) is 25.8 Å². The fraction of sp³-hybridized carbons (Fsp3) is 0.909. The van der Waals surface area contributed by atoms with Crippen LogP contribution in [0.15, 0.2) is 0 Å². The monoisotopic (exact) mass is 212 g/mol. The van der Waals surface area contributed by atoms with Gasteiger partial charge in [-0.25, -0.2) is 0 Å². The SMILES string of the molecule is CC1CCN(C(=O)C2CCNC2)C1CO. The Balaban J connectivity index is 2.00. The number of nitrogens with one attached hydrogen (secondary N) is 1. The van der Waals surface area contributed by atoms with Gasteiger partial charge in [0, 0.05) is 13.1 Å². The minimum Gasteiger partial charge on any atom is -0.394 e. The summed E-state index contributed by atoms with van der Waals surface area (Å²) in [5, 5.41) is 12.5. The molecule has 2 heterocycles. The molecule has 0 aromatic heterocycles. The van der Waals surface area contributed by atoms with Crippen molar-refractivity contribution >= 4 is 5.91 Å². The lowest BCUT2D eigenvalue weighted by atomic mass is 10.0. The fourth-order valence-electron chi connectivity index (χ4n) is 2.66. The van der Waals surface area contributed by atoms with E-state index < -0.39 is 0 Å². The molecule has 2 N–H and O–H groups in total. The van der Waals surface area contributed by atoms with Crippen LogP contribution in [0.25, 0.3) is 0 Å². The minimum absolute atomic E-state index is 0.0538. The Kier molecular flexibility index (Phi) is 3.26. The number of amides is 1. The van der Waals surface area contributed by atoms with Gasteiger partial charge < -0.3 is 15.3 Å². The summed E-state index contributed by atoms with van der Waals surface area (Å²) in [7, 11) is 0. The van der Waals surface area contributed by atoms with E-state index in [2.05, 4.69) is 12.2 Å². The first kappa shape index (κ1) is 10.9. The minimum atomic E-state index is 0.0538. The van der Waals surface area contributed by atoms with E-state index in [9.17, 15) is 9.90 Å². The second-order valence-corrected chi connectivity index (χ2v) is 4.74. The van der Waals surface area contributed by atoms with Crippen molar-refractivity contribution in [3.8, 4) is 0 Å². The van der Waals surface area contributed by atoms with Crippen molar-refractivity contribution < 1.29 is 9.90 Å².